The Balaban J connectivity index is 1.99. The van der Waals surface area contributed by atoms with E-state index in [0.717, 1.165) is 16.0 Å². The number of thiophene rings is 1. The minimum absolute atomic E-state index is 0.119. The molecule has 0 aliphatic carbocycles. The van der Waals surface area contributed by atoms with Gasteiger partial charge in [0.15, 0.2) is 0 Å². The summed E-state index contributed by atoms with van der Waals surface area (Å²) < 4.78 is 0. The average molecular weight is 314 g/mol. The van der Waals surface area contributed by atoms with Gasteiger partial charge >= 0.3 is 0 Å². The number of anilines is 2. The molecule has 0 saturated carbocycles. The molecule has 2 aromatic rings. The maximum absolute atomic E-state index is 11.3. The van der Waals surface area contributed by atoms with E-state index in [1.165, 1.54) is 11.3 Å². The monoisotopic (exact) mass is 314 g/mol. The van der Waals surface area contributed by atoms with Crippen LogP contribution in [0, 0.1) is 28.4 Å². The zero-order valence-electron chi connectivity index (χ0n) is 12.0. The lowest BCUT2D eigenvalue weighted by Crippen LogP contribution is -2.30. The maximum atomic E-state index is 11.3. The molecule has 0 spiro atoms. The second-order valence-electron chi connectivity index (χ2n) is 5.28. The van der Waals surface area contributed by atoms with Crippen molar-refractivity contribution < 1.29 is 4.92 Å². The number of nitrogen functional groups attached to an aromatic ring is 1. The summed E-state index contributed by atoms with van der Waals surface area (Å²) in [7, 11) is 0. The zero-order valence-corrected chi connectivity index (χ0v) is 12.8. The number of aryl methyl sites for hydroxylation is 1. The number of rotatable bonds is 2. The number of hydrogen-bond donors (Lipinski definition) is 1. The summed E-state index contributed by atoms with van der Waals surface area (Å²) in [6.45, 7) is 3.03. The van der Waals surface area contributed by atoms with E-state index in [2.05, 4.69) is 6.07 Å². The van der Waals surface area contributed by atoms with Gasteiger partial charge in [-0.05, 0) is 30.5 Å². The van der Waals surface area contributed by atoms with Crippen molar-refractivity contribution in [1.82, 2.24) is 0 Å². The Morgan fingerprint density at radius 1 is 1.50 bits per heavy atom. The normalized spacial score (nSPS) is 13.5. The molecule has 0 fully saturated rings. The zero-order chi connectivity index (χ0) is 15.9. The first kappa shape index (κ1) is 14.4. The number of nitrogens with two attached hydrogens (primary N) is 1. The van der Waals surface area contributed by atoms with Gasteiger partial charge in [0.25, 0.3) is 5.69 Å². The number of fused-ring (bicyclic) bond motifs is 1. The number of hydrogen-bond acceptors (Lipinski definition) is 6. The van der Waals surface area contributed by atoms with Crippen LogP contribution in [0.25, 0.3) is 0 Å². The van der Waals surface area contributed by atoms with Gasteiger partial charge in [0.1, 0.15) is 16.8 Å². The van der Waals surface area contributed by atoms with E-state index >= 15 is 0 Å². The van der Waals surface area contributed by atoms with E-state index < -0.39 is 0 Å². The van der Waals surface area contributed by atoms with Gasteiger partial charge in [-0.2, -0.15) is 5.26 Å². The fraction of sp³-hybridized carbons (Fsp3) is 0.267. The van der Waals surface area contributed by atoms with Crippen molar-refractivity contribution in [2.75, 3.05) is 17.2 Å². The summed E-state index contributed by atoms with van der Waals surface area (Å²) in [5, 5.41) is 21.0. The minimum Gasteiger partial charge on any atom is -0.389 e. The van der Waals surface area contributed by atoms with Gasteiger partial charge in [-0.1, -0.05) is 6.07 Å². The van der Waals surface area contributed by atoms with Crippen LogP contribution in [-0.4, -0.2) is 11.5 Å². The SMILES string of the molecule is Cc1ccc(N2CCc3c(sc(N)c3C#N)C2)c([N+](=O)[O-])c1. The fourth-order valence-corrected chi connectivity index (χ4v) is 3.88. The molecule has 2 heterocycles. The second kappa shape index (κ2) is 5.31. The molecule has 0 radical (unpaired) electrons. The molecular weight excluding hydrogens is 300 g/mol. The van der Waals surface area contributed by atoms with E-state index in [-0.39, 0.29) is 10.6 Å². The molecule has 112 valence electrons. The highest BCUT2D eigenvalue weighted by molar-refractivity contribution is 7.16. The summed E-state index contributed by atoms with van der Waals surface area (Å²) in [5.74, 6) is 0. The van der Waals surface area contributed by atoms with Crippen molar-refractivity contribution in [2.24, 2.45) is 0 Å². The Morgan fingerprint density at radius 2 is 2.27 bits per heavy atom. The van der Waals surface area contributed by atoms with Crippen molar-refractivity contribution >= 4 is 27.7 Å². The number of nitrogens with zero attached hydrogens (tertiary/aromatic N) is 3. The van der Waals surface area contributed by atoms with E-state index in [4.69, 9.17) is 11.0 Å². The van der Waals surface area contributed by atoms with Gasteiger partial charge in [0, 0.05) is 17.5 Å². The highest BCUT2D eigenvalue weighted by Gasteiger charge is 2.27. The second-order valence-corrected chi connectivity index (χ2v) is 6.41. The van der Waals surface area contributed by atoms with E-state index in [1.54, 1.807) is 12.1 Å². The first-order valence-electron chi connectivity index (χ1n) is 6.81. The smallest absolute Gasteiger partial charge is 0.292 e. The van der Waals surface area contributed by atoms with E-state index in [1.807, 2.05) is 17.9 Å². The summed E-state index contributed by atoms with van der Waals surface area (Å²) in [6.07, 6.45) is 0.678. The molecule has 2 N–H and O–H groups in total. The van der Waals surface area contributed by atoms with Gasteiger partial charge in [-0.25, -0.2) is 0 Å². The third-order valence-corrected chi connectivity index (χ3v) is 4.91. The fourth-order valence-electron chi connectivity index (χ4n) is 2.80. The van der Waals surface area contributed by atoms with Gasteiger partial charge in [0.2, 0.25) is 0 Å². The number of nitro benzene ring substituents is 1. The molecule has 0 amide bonds. The van der Waals surface area contributed by atoms with Crippen LogP contribution in [0.3, 0.4) is 0 Å². The minimum atomic E-state index is -0.346. The molecule has 1 aromatic carbocycles. The van der Waals surface area contributed by atoms with Crippen LogP contribution in [0.4, 0.5) is 16.4 Å². The van der Waals surface area contributed by atoms with Gasteiger partial charge in [-0.15, -0.1) is 11.3 Å². The lowest BCUT2D eigenvalue weighted by atomic mass is 10.0. The van der Waals surface area contributed by atoms with Crippen molar-refractivity contribution in [2.45, 2.75) is 19.9 Å². The van der Waals surface area contributed by atoms with Crippen LogP contribution in [0.1, 0.15) is 21.6 Å². The summed E-state index contributed by atoms with van der Waals surface area (Å²) >= 11 is 1.40. The first-order chi connectivity index (χ1) is 10.5. The average Bonchev–Trinajstić information content (AvgIpc) is 2.81. The topological polar surface area (TPSA) is 96.2 Å². The molecule has 1 aromatic heterocycles. The van der Waals surface area contributed by atoms with E-state index in [0.29, 0.717) is 35.8 Å². The highest BCUT2D eigenvalue weighted by atomic mass is 32.1. The summed E-state index contributed by atoms with van der Waals surface area (Å²) in [4.78, 5) is 13.9. The van der Waals surface area contributed by atoms with Crippen molar-refractivity contribution in [3.05, 3.63) is 49.9 Å². The quantitative estimate of drug-likeness (QED) is 0.679. The number of nitriles is 1. The van der Waals surface area contributed by atoms with Crippen LogP contribution in [0.2, 0.25) is 0 Å². The molecular formula is C15H14N4O2S. The Labute approximate surface area is 131 Å². The predicted octanol–water partition coefficient (Wildman–Crippen LogP) is 2.98. The molecule has 22 heavy (non-hydrogen) atoms. The highest BCUT2D eigenvalue weighted by Crippen LogP contribution is 2.38. The van der Waals surface area contributed by atoms with Crippen LogP contribution in [0.15, 0.2) is 18.2 Å². The predicted molar refractivity (Wildman–Crippen MR) is 86.0 cm³/mol. The van der Waals surface area contributed by atoms with Gasteiger partial charge in [-0.3, -0.25) is 10.1 Å². The number of nitro groups is 1. The largest absolute Gasteiger partial charge is 0.389 e. The number of benzene rings is 1. The standard InChI is InChI=1S/C15H14N4O2S/c1-9-2-3-12(13(6-9)19(20)21)18-5-4-10-11(7-16)15(17)22-14(10)8-18/h2-3,6H,4-5,8,17H2,1H3. The Kier molecular flexibility index (Phi) is 3.47. The van der Waals surface area contributed by atoms with Crippen molar-refractivity contribution in [3.8, 4) is 6.07 Å². The maximum Gasteiger partial charge on any atom is 0.292 e. The summed E-state index contributed by atoms with van der Waals surface area (Å²) in [5.41, 5.74) is 9.04. The third-order valence-electron chi connectivity index (χ3n) is 3.86. The molecule has 6 nitrogen and oxygen atoms in total. The molecule has 0 bridgehead atoms. The third kappa shape index (κ3) is 2.27. The molecule has 1 aliphatic rings. The van der Waals surface area contributed by atoms with Gasteiger partial charge < -0.3 is 10.6 Å². The Morgan fingerprint density at radius 3 is 2.95 bits per heavy atom. The van der Waals surface area contributed by atoms with Crippen molar-refractivity contribution in [1.29, 1.82) is 5.26 Å². The molecule has 3 rings (SSSR count). The van der Waals surface area contributed by atoms with Crippen LogP contribution >= 0.6 is 11.3 Å². The lowest BCUT2D eigenvalue weighted by molar-refractivity contribution is -0.384. The van der Waals surface area contributed by atoms with Crippen LogP contribution in [-0.2, 0) is 13.0 Å². The first-order valence-corrected chi connectivity index (χ1v) is 7.63. The van der Waals surface area contributed by atoms with Crippen LogP contribution < -0.4 is 10.6 Å². The Hall–Kier alpha value is -2.59. The van der Waals surface area contributed by atoms with Gasteiger partial charge in [0.05, 0.1) is 17.0 Å². The molecule has 0 saturated heterocycles. The molecule has 1 aliphatic heterocycles. The molecule has 0 atom stereocenters. The molecule has 0 unspecified atom stereocenters. The lowest BCUT2D eigenvalue weighted by Gasteiger charge is -2.28. The Bertz CT molecular complexity index is 807. The summed E-state index contributed by atoms with van der Waals surface area (Å²) in [6, 6.07) is 7.41. The van der Waals surface area contributed by atoms with Crippen LogP contribution in [0.5, 0.6) is 0 Å². The van der Waals surface area contributed by atoms with Crippen molar-refractivity contribution in [3.63, 3.8) is 0 Å². The molecule has 7 heteroatoms. The van der Waals surface area contributed by atoms with E-state index in [9.17, 15) is 10.1 Å².